The van der Waals surface area contributed by atoms with Gasteiger partial charge in [0.05, 0.1) is 11.0 Å². The van der Waals surface area contributed by atoms with Crippen molar-refractivity contribution in [1.29, 1.82) is 0 Å². The van der Waals surface area contributed by atoms with Crippen LogP contribution in [0.1, 0.15) is 42.6 Å². The second-order valence-corrected chi connectivity index (χ2v) is 9.46. The van der Waals surface area contributed by atoms with E-state index in [-0.39, 0.29) is 4.90 Å². The van der Waals surface area contributed by atoms with Gasteiger partial charge in [-0.25, -0.2) is 8.42 Å². The Hall–Kier alpha value is -2.74. The van der Waals surface area contributed by atoms with Crippen molar-refractivity contribution in [2.24, 2.45) is 0 Å². The van der Waals surface area contributed by atoms with Crippen LogP contribution in [0.25, 0.3) is 0 Å². The van der Waals surface area contributed by atoms with E-state index in [0.717, 1.165) is 23.1 Å². The molecule has 1 unspecified atom stereocenters. The molecule has 0 saturated heterocycles. The number of aliphatic hydroxyl groups is 1. The fourth-order valence-corrected chi connectivity index (χ4v) is 4.21. The molecule has 0 saturated carbocycles. The Bertz CT molecular complexity index is 1050. The minimum absolute atomic E-state index is 0.248. The molecule has 3 aromatic rings. The van der Waals surface area contributed by atoms with Crippen molar-refractivity contribution in [3.63, 3.8) is 0 Å². The van der Waals surface area contributed by atoms with Gasteiger partial charge in [-0.3, -0.25) is 9.71 Å². The van der Waals surface area contributed by atoms with Gasteiger partial charge in [0.2, 0.25) is 0 Å². The molecule has 0 amide bonds. The first-order valence-electron chi connectivity index (χ1n) is 10.4. The second-order valence-electron chi connectivity index (χ2n) is 7.78. The summed E-state index contributed by atoms with van der Waals surface area (Å²) in [6.07, 6.45) is 3.50. The van der Waals surface area contributed by atoms with Crippen LogP contribution in [-0.4, -0.2) is 31.6 Å². The van der Waals surface area contributed by atoms with Crippen LogP contribution in [-0.2, 0) is 16.4 Å². The maximum absolute atomic E-state index is 12.6. The Kier molecular flexibility index (Phi) is 7.79. The molecule has 3 N–H and O–H groups in total. The first-order valence-corrected chi connectivity index (χ1v) is 11.8. The monoisotopic (exact) mass is 439 g/mol. The Balaban J connectivity index is 1.49. The van der Waals surface area contributed by atoms with E-state index >= 15 is 0 Å². The van der Waals surface area contributed by atoms with Crippen molar-refractivity contribution in [1.82, 2.24) is 10.3 Å². The molecule has 0 aliphatic rings. The number of aromatic nitrogens is 1. The van der Waals surface area contributed by atoms with Gasteiger partial charge in [0.25, 0.3) is 10.0 Å². The molecule has 1 atom stereocenters. The molecular weight excluding hydrogens is 410 g/mol. The quantitative estimate of drug-likeness (QED) is 0.417. The molecule has 31 heavy (non-hydrogen) atoms. The van der Waals surface area contributed by atoms with Gasteiger partial charge in [-0.05, 0) is 60.3 Å². The number of anilines is 1. The average Bonchev–Trinajstić information content (AvgIpc) is 2.78. The van der Waals surface area contributed by atoms with E-state index in [1.54, 1.807) is 42.7 Å². The summed E-state index contributed by atoms with van der Waals surface area (Å²) in [6, 6.07) is 17.9. The van der Waals surface area contributed by atoms with Gasteiger partial charge >= 0.3 is 0 Å². The van der Waals surface area contributed by atoms with E-state index in [0.29, 0.717) is 24.7 Å². The van der Waals surface area contributed by atoms with Crippen molar-refractivity contribution < 1.29 is 13.5 Å². The van der Waals surface area contributed by atoms with Crippen molar-refractivity contribution in [2.75, 3.05) is 17.8 Å². The topological polar surface area (TPSA) is 91.3 Å². The number of rotatable bonds is 10. The highest BCUT2D eigenvalue weighted by Gasteiger charge is 2.14. The second kappa shape index (κ2) is 10.5. The van der Waals surface area contributed by atoms with E-state index in [4.69, 9.17) is 0 Å². The summed E-state index contributed by atoms with van der Waals surface area (Å²) in [4.78, 5) is 4.26. The maximum atomic E-state index is 12.6. The predicted molar refractivity (Wildman–Crippen MR) is 124 cm³/mol. The summed E-state index contributed by atoms with van der Waals surface area (Å²) >= 11 is 0. The molecule has 0 bridgehead atoms. The van der Waals surface area contributed by atoms with Gasteiger partial charge in [-0.2, -0.15) is 0 Å². The summed E-state index contributed by atoms with van der Waals surface area (Å²) in [7, 11) is -3.62. The van der Waals surface area contributed by atoms with Crippen LogP contribution in [0, 0.1) is 0 Å². The summed E-state index contributed by atoms with van der Waals surface area (Å²) in [5, 5.41) is 13.4. The zero-order valence-corrected chi connectivity index (χ0v) is 18.6. The number of hydrogen-bond acceptors (Lipinski definition) is 5. The first kappa shape index (κ1) is 22.9. The van der Waals surface area contributed by atoms with Crippen molar-refractivity contribution >= 4 is 15.7 Å². The van der Waals surface area contributed by atoms with Gasteiger partial charge in [-0.1, -0.05) is 44.2 Å². The average molecular weight is 440 g/mol. The Labute approximate surface area is 184 Å². The standard InChI is InChI=1S/C24H29N3O3S/c1-18(2)20-7-11-23(12-8-20)31(29,30)27-22-9-5-19(6-10-22)13-15-26-17-24(28)21-4-3-14-25-16-21/h3-12,14,16,18,24,26-28H,13,15,17H2,1-2H3. The van der Waals surface area contributed by atoms with Crippen molar-refractivity contribution in [2.45, 2.75) is 37.2 Å². The third kappa shape index (κ3) is 6.62. The zero-order chi connectivity index (χ0) is 22.3. The third-order valence-corrected chi connectivity index (χ3v) is 6.46. The Morgan fingerprint density at radius 2 is 1.68 bits per heavy atom. The Morgan fingerprint density at radius 3 is 2.29 bits per heavy atom. The lowest BCUT2D eigenvalue weighted by atomic mass is 10.0. The van der Waals surface area contributed by atoms with Crippen molar-refractivity contribution in [3.8, 4) is 0 Å². The summed E-state index contributed by atoms with van der Waals surface area (Å²) in [5.74, 6) is 0.352. The van der Waals surface area contributed by atoms with E-state index in [2.05, 4.69) is 28.9 Å². The maximum Gasteiger partial charge on any atom is 0.261 e. The summed E-state index contributed by atoms with van der Waals surface area (Å²) in [6.45, 7) is 5.28. The molecule has 0 radical (unpaired) electrons. The lowest BCUT2D eigenvalue weighted by Crippen LogP contribution is -2.23. The summed E-state index contributed by atoms with van der Waals surface area (Å²) < 4.78 is 27.8. The number of hydrogen-bond donors (Lipinski definition) is 3. The van der Waals surface area contributed by atoms with Crippen LogP contribution < -0.4 is 10.0 Å². The molecule has 1 heterocycles. The van der Waals surface area contributed by atoms with Crippen LogP contribution in [0.4, 0.5) is 5.69 Å². The fourth-order valence-electron chi connectivity index (χ4n) is 3.15. The lowest BCUT2D eigenvalue weighted by Gasteiger charge is -2.12. The first-order chi connectivity index (χ1) is 14.8. The normalized spacial score (nSPS) is 12.6. The number of nitrogens with zero attached hydrogens (tertiary/aromatic N) is 1. The molecule has 7 heteroatoms. The van der Waals surface area contributed by atoms with Crippen LogP contribution in [0.3, 0.4) is 0 Å². The molecule has 0 aliphatic heterocycles. The molecule has 0 aliphatic carbocycles. The molecule has 6 nitrogen and oxygen atoms in total. The molecular formula is C24H29N3O3S. The SMILES string of the molecule is CC(C)c1ccc(S(=O)(=O)Nc2ccc(CCNCC(O)c3cccnc3)cc2)cc1. The Morgan fingerprint density at radius 1 is 0.968 bits per heavy atom. The molecule has 2 aromatic carbocycles. The van der Waals surface area contributed by atoms with E-state index < -0.39 is 16.1 Å². The predicted octanol–water partition coefficient (Wildman–Crippen LogP) is 3.87. The van der Waals surface area contributed by atoms with Crippen LogP contribution >= 0.6 is 0 Å². The minimum atomic E-state index is -3.62. The highest BCUT2D eigenvalue weighted by Crippen LogP contribution is 2.20. The smallest absolute Gasteiger partial charge is 0.261 e. The number of pyridine rings is 1. The van der Waals surface area contributed by atoms with Crippen LogP contribution in [0.2, 0.25) is 0 Å². The molecule has 1 aromatic heterocycles. The van der Waals surface area contributed by atoms with Gasteiger partial charge < -0.3 is 10.4 Å². The van der Waals surface area contributed by atoms with Crippen LogP contribution in [0.15, 0.2) is 78.0 Å². The molecule has 0 fully saturated rings. The number of sulfonamides is 1. The minimum Gasteiger partial charge on any atom is -0.387 e. The molecule has 164 valence electrons. The molecule has 0 spiro atoms. The summed E-state index contributed by atoms with van der Waals surface area (Å²) in [5.41, 5.74) is 3.49. The highest BCUT2D eigenvalue weighted by atomic mass is 32.2. The number of aliphatic hydroxyl groups excluding tert-OH is 1. The molecule has 3 rings (SSSR count). The van der Waals surface area contributed by atoms with Gasteiger partial charge in [-0.15, -0.1) is 0 Å². The van der Waals surface area contributed by atoms with E-state index in [9.17, 15) is 13.5 Å². The third-order valence-electron chi connectivity index (χ3n) is 5.06. The number of nitrogens with one attached hydrogen (secondary N) is 2. The highest BCUT2D eigenvalue weighted by molar-refractivity contribution is 7.92. The van der Waals surface area contributed by atoms with Crippen LogP contribution in [0.5, 0.6) is 0 Å². The lowest BCUT2D eigenvalue weighted by molar-refractivity contribution is 0.174. The van der Waals surface area contributed by atoms with Gasteiger partial charge in [0, 0.05) is 30.2 Å². The largest absolute Gasteiger partial charge is 0.387 e. The van der Waals surface area contributed by atoms with E-state index in [1.165, 1.54) is 0 Å². The van der Waals surface area contributed by atoms with Gasteiger partial charge in [0.1, 0.15) is 0 Å². The van der Waals surface area contributed by atoms with Gasteiger partial charge in [0.15, 0.2) is 0 Å². The van der Waals surface area contributed by atoms with Crippen molar-refractivity contribution in [3.05, 3.63) is 89.7 Å². The van der Waals surface area contributed by atoms with E-state index in [1.807, 2.05) is 30.3 Å². The number of benzene rings is 2. The zero-order valence-electron chi connectivity index (χ0n) is 17.8. The fraction of sp³-hybridized carbons (Fsp3) is 0.292.